The lowest BCUT2D eigenvalue weighted by Gasteiger charge is -2.18. The molecule has 1 aliphatic rings. The molecule has 3 rings (SSSR count). The Kier molecular flexibility index (Phi) is 23.9. The summed E-state index contributed by atoms with van der Waals surface area (Å²) in [4.78, 5) is 62.8. The fourth-order valence-corrected chi connectivity index (χ4v) is 5.35. The van der Waals surface area contributed by atoms with Crippen molar-refractivity contribution >= 4 is 29.5 Å². The topological polar surface area (TPSA) is 204 Å². The second kappa shape index (κ2) is 29.0. The van der Waals surface area contributed by atoms with Crippen molar-refractivity contribution < 1.29 is 71.7 Å². The third kappa shape index (κ3) is 19.6. The molecule has 0 spiro atoms. The first-order valence-corrected chi connectivity index (χ1v) is 19.0. The number of benzene rings is 2. The zero-order valence-corrected chi connectivity index (χ0v) is 32.7. The van der Waals surface area contributed by atoms with Gasteiger partial charge in [-0.1, -0.05) is 24.3 Å². The highest BCUT2D eigenvalue weighted by molar-refractivity contribution is 6.21. The van der Waals surface area contributed by atoms with Crippen LogP contribution in [0, 0.1) is 0 Å². The third-order valence-corrected chi connectivity index (χ3v) is 8.26. The maximum Gasteiger partial charge on any atom is 0.341 e. The molecule has 2 aromatic carbocycles. The summed E-state index contributed by atoms with van der Waals surface area (Å²) in [6, 6.07) is 12.6. The van der Waals surface area contributed by atoms with E-state index in [1.54, 1.807) is 55.6 Å². The Balaban J connectivity index is 1.24. The smallest absolute Gasteiger partial charge is 0.341 e. The number of nitrogens with zero attached hydrogens (tertiary/aromatic N) is 1. The van der Waals surface area contributed by atoms with Crippen LogP contribution in [0.4, 0.5) is 0 Å². The maximum absolute atomic E-state index is 13.2. The molecule has 0 unspecified atom stereocenters. The van der Waals surface area contributed by atoms with Gasteiger partial charge in [0, 0.05) is 26.6 Å². The molecule has 17 heteroatoms. The SMILES string of the molecule is COCCOCCOCCOCCCC(=O)[C@H](Cc1ccc(OCC(=O)O)cc1)NC(=O)CCOCCOCCOCCOCCN1C(=O)c2ccccc2C1=O. The van der Waals surface area contributed by atoms with Gasteiger partial charge in [0.25, 0.3) is 11.8 Å². The number of carboxylic acids is 1. The van der Waals surface area contributed by atoms with Crippen molar-refractivity contribution in [2.24, 2.45) is 0 Å². The number of ether oxygens (including phenoxy) is 9. The van der Waals surface area contributed by atoms with Crippen LogP contribution in [0.1, 0.15) is 45.5 Å². The Morgan fingerprint density at radius 3 is 1.65 bits per heavy atom. The van der Waals surface area contributed by atoms with Crippen LogP contribution in [0.2, 0.25) is 0 Å². The van der Waals surface area contributed by atoms with Crippen LogP contribution in [-0.2, 0) is 58.7 Å². The number of ketones is 1. The van der Waals surface area contributed by atoms with E-state index in [9.17, 15) is 24.0 Å². The highest BCUT2D eigenvalue weighted by Gasteiger charge is 2.34. The van der Waals surface area contributed by atoms with Gasteiger partial charge < -0.3 is 53.1 Å². The fraction of sp³-hybridized carbons (Fsp3) is 0.575. The molecule has 0 saturated carbocycles. The van der Waals surface area contributed by atoms with Crippen LogP contribution in [0.5, 0.6) is 5.75 Å². The summed E-state index contributed by atoms with van der Waals surface area (Å²) < 4.78 is 48.5. The minimum absolute atomic E-state index is 0.0441. The average molecular weight is 805 g/mol. The maximum atomic E-state index is 13.2. The zero-order valence-electron chi connectivity index (χ0n) is 32.7. The van der Waals surface area contributed by atoms with Crippen molar-refractivity contribution in [3.63, 3.8) is 0 Å². The number of carbonyl (C=O) groups excluding carboxylic acids is 4. The predicted molar refractivity (Wildman–Crippen MR) is 203 cm³/mol. The highest BCUT2D eigenvalue weighted by atomic mass is 16.6. The lowest BCUT2D eigenvalue weighted by atomic mass is 9.99. The standard InChI is InChI=1S/C40H56N2O15/c1-49-17-18-53-25-26-54-22-19-50-14-4-7-36(43)35(29-31-8-10-32(11-9-31)57-30-38(45)46)41-37(44)12-15-51-20-23-55-27-28-56-24-21-52-16-13-42-39(47)33-5-2-3-6-34(33)40(42)48/h2-3,5-6,8-11,35H,4,7,12-30H2,1H3,(H,41,44)(H,45,46)/t35-/m0/s1. The summed E-state index contributed by atoms with van der Waals surface area (Å²) in [6.07, 6.45) is 0.949. The summed E-state index contributed by atoms with van der Waals surface area (Å²) in [6.45, 7) is 4.98. The number of methoxy groups -OCH3 is 1. The van der Waals surface area contributed by atoms with Gasteiger partial charge in [-0.3, -0.25) is 24.1 Å². The number of imide groups is 1. The number of aliphatic carboxylic acids is 1. The Bertz CT molecular complexity index is 1450. The molecule has 316 valence electrons. The Morgan fingerprint density at radius 1 is 0.632 bits per heavy atom. The van der Waals surface area contributed by atoms with Crippen LogP contribution in [0.25, 0.3) is 0 Å². The monoisotopic (exact) mass is 804 g/mol. The first kappa shape index (κ1) is 47.0. The fourth-order valence-electron chi connectivity index (χ4n) is 5.35. The Morgan fingerprint density at radius 2 is 1.12 bits per heavy atom. The molecule has 0 aromatic heterocycles. The number of hydrogen-bond donors (Lipinski definition) is 2. The van der Waals surface area contributed by atoms with Crippen LogP contribution < -0.4 is 10.1 Å². The second-order valence-corrected chi connectivity index (χ2v) is 12.6. The normalized spacial score (nSPS) is 12.8. The molecule has 57 heavy (non-hydrogen) atoms. The second-order valence-electron chi connectivity index (χ2n) is 12.6. The molecule has 1 heterocycles. The summed E-state index contributed by atoms with van der Waals surface area (Å²) in [7, 11) is 1.61. The Labute approximate surface area is 333 Å². The summed E-state index contributed by atoms with van der Waals surface area (Å²) in [5, 5.41) is 11.7. The zero-order chi connectivity index (χ0) is 40.9. The summed E-state index contributed by atoms with van der Waals surface area (Å²) in [5.74, 6) is -1.82. The molecule has 0 radical (unpaired) electrons. The van der Waals surface area contributed by atoms with Crippen molar-refractivity contribution in [2.45, 2.75) is 31.7 Å². The molecule has 2 aromatic rings. The highest BCUT2D eigenvalue weighted by Crippen LogP contribution is 2.22. The molecule has 17 nitrogen and oxygen atoms in total. The van der Waals surface area contributed by atoms with Crippen LogP contribution in [-0.4, -0.2) is 165 Å². The van der Waals surface area contributed by atoms with Gasteiger partial charge >= 0.3 is 5.97 Å². The third-order valence-electron chi connectivity index (χ3n) is 8.26. The molecule has 3 amide bonds. The number of rotatable bonds is 35. The largest absolute Gasteiger partial charge is 0.482 e. The van der Waals surface area contributed by atoms with Crippen LogP contribution in [0.3, 0.4) is 0 Å². The molecular formula is C40H56N2O15. The van der Waals surface area contributed by atoms with Crippen molar-refractivity contribution in [3.8, 4) is 5.75 Å². The van der Waals surface area contributed by atoms with Gasteiger partial charge in [-0.05, 0) is 42.7 Å². The minimum atomic E-state index is -1.09. The van der Waals surface area contributed by atoms with E-state index in [0.29, 0.717) is 103 Å². The number of carboxylic acid groups (broad SMARTS) is 1. The first-order valence-electron chi connectivity index (χ1n) is 19.0. The van der Waals surface area contributed by atoms with Gasteiger partial charge in [-0.15, -0.1) is 0 Å². The molecule has 1 aliphatic heterocycles. The number of amides is 3. The van der Waals surface area contributed by atoms with Crippen molar-refractivity contribution in [1.29, 1.82) is 0 Å². The van der Waals surface area contributed by atoms with Crippen LogP contribution >= 0.6 is 0 Å². The van der Waals surface area contributed by atoms with Gasteiger partial charge in [-0.2, -0.15) is 0 Å². The number of nitrogens with one attached hydrogen (secondary N) is 1. The van der Waals surface area contributed by atoms with Gasteiger partial charge in [0.05, 0.1) is 116 Å². The van der Waals surface area contributed by atoms with E-state index in [1.807, 2.05) is 0 Å². The van der Waals surface area contributed by atoms with E-state index in [1.165, 1.54) is 4.90 Å². The molecule has 1 atom stereocenters. The van der Waals surface area contributed by atoms with E-state index in [2.05, 4.69) is 5.32 Å². The first-order chi connectivity index (χ1) is 27.8. The Hall–Kier alpha value is -4.33. The van der Waals surface area contributed by atoms with E-state index in [0.717, 1.165) is 5.56 Å². The molecule has 0 aliphatic carbocycles. The quantitative estimate of drug-likeness (QED) is 0.0756. The van der Waals surface area contributed by atoms with Crippen molar-refractivity contribution in [3.05, 3.63) is 65.2 Å². The molecule has 0 fully saturated rings. The molecular weight excluding hydrogens is 748 g/mol. The van der Waals surface area contributed by atoms with Gasteiger partial charge in [0.1, 0.15) is 5.75 Å². The van der Waals surface area contributed by atoms with E-state index in [4.69, 9.17) is 47.7 Å². The van der Waals surface area contributed by atoms with Crippen LogP contribution in [0.15, 0.2) is 48.5 Å². The number of carbonyl (C=O) groups is 5. The number of hydrogen-bond acceptors (Lipinski definition) is 14. The molecule has 0 saturated heterocycles. The van der Waals surface area contributed by atoms with Crippen molar-refractivity contribution in [2.75, 3.05) is 119 Å². The van der Waals surface area contributed by atoms with Gasteiger partial charge in [0.15, 0.2) is 12.4 Å². The van der Waals surface area contributed by atoms with Gasteiger partial charge in [0.2, 0.25) is 5.91 Å². The summed E-state index contributed by atoms with van der Waals surface area (Å²) in [5.41, 5.74) is 1.58. The lowest BCUT2D eigenvalue weighted by molar-refractivity contribution is -0.139. The van der Waals surface area contributed by atoms with Crippen molar-refractivity contribution in [1.82, 2.24) is 10.2 Å². The molecule has 2 N–H and O–H groups in total. The van der Waals surface area contributed by atoms with E-state index < -0.39 is 18.6 Å². The predicted octanol–water partition coefficient (Wildman–Crippen LogP) is 1.98. The lowest BCUT2D eigenvalue weighted by Crippen LogP contribution is -2.42. The van der Waals surface area contributed by atoms with E-state index in [-0.39, 0.29) is 69.1 Å². The minimum Gasteiger partial charge on any atom is -0.482 e. The number of fused-ring (bicyclic) bond motifs is 1. The van der Waals surface area contributed by atoms with E-state index >= 15 is 0 Å². The summed E-state index contributed by atoms with van der Waals surface area (Å²) >= 11 is 0. The number of Topliss-reactive ketones (excluding diaryl/α,β-unsaturated/α-hetero) is 1. The average Bonchev–Trinajstić information content (AvgIpc) is 3.45. The van der Waals surface area contributed by atoms with Gasteiger partial charge in [-0.25, -0.2) is 4.79 Å². The molecule has 0 bridgehead atoms.